The van der Waals surface area contributed by atoms with Crippen LogP contribution in [0.3, 0.4) is 0 Å². The zero-order valence-electron chi connectivity index (χ0n) is 17.6. The third-order valence-electron chi connectivity index (χ3n) is 5.05. The van der Waals surface area contributed by atoms with E-state index in [9.17, 15) is 4.79 Å². The summed E-state index contributed by atoms with van der Waals surface area (Å²) >= 11 is 0. The molecule has 1 aromatic carbocycles. The van der Waals surface area contributed by atoms with Crippen LogP contribution in [0.5, 0.6) is 29.0 Å². The second kappa shape index (κ2) is 10.00. The molecule has 1 amide bonds. The summed E-state index contributed by atoms with van der Waals surface area (Å²) in [6.07, 6.45) is 6.31. The van der Waals surface area contributed by atoms with Crippen LogP contribution in [0.2, 0.25) is 0 Å². The second-order valence-corrected chi connectivity index (χ2v) is 6.85. The van der Waals surface area contributed by atoms with E-state index >= 15 is 0 Å². The molecule has 1 aliphatic rings. The molecule has 9 heteroatoms. The molecule has 0 saturated heterocycles. The minimum absolute atomic E-state index is 0.0233. The van der Waals surface area contributed by atoms with Gasteiger partial charge in [0.2, 0.25) is 17.5 Å². The van der Waals surface area contributed by atoms with Crippen molar-refractivity contribution in [3.8, 4) is 29.0 Å². The van der Waals surface area contributed by atoms with Gasteiger partial charge in [0.05, 0.1) is 46.4 Å². The van der Waals surface area contributed by atoms with Crippen LogP contribution in [0.1, 0.15) is 36.0 Å². The molecule has 0 unspecified atom stereocenters. The summed E-state index contributed by atoms with van der Waals surface area (Å²) in [7, 11) is 6.08. The minimum atomic E-state index is -0.212. The van der Waals surface area contributed by atoms with Crippen molar-refractivity contribution >= 4 is 5.91 Å². The Kier molecular flexibility index (Phi) is 7.16. The normalized spacial score (nSPS) is 18.3. The zero-order valence-corrected chi connectivity index (χ0v) is 17.6. The van der Waals surface area contributed by atoms with Crippen molar-refractivity contribution in [3.05, 3.63) is 30.1 Å². The smallest absolute Gasteiger partial charge is 0.255 e. The van der Waals surface area contributed by atoms with Crippen LogP contribution in [0.15, 0.2) is 24.5 Å². The highest BCUT2D eigenvalue weighted by Gasteiger charge is 2.27. The predicted molar refractivity (Wildman–Crippen MR) is 109 cm³/mol. The highest BCUT2D eigenvalue weighted by Crippen LogP contribution is 2.39. The van der Waals surface area contributed by atoms with Gasteiger partial charge >= 0.3 is 0 Å². The van der Waals surface area contributed by atoms with Crippen molar-refractivity contribution in [2.24, 2.45) is 0 Å². The van der Waals surface area contributed by atoms with Crippen molar-refractivity contribution in [2.75, 3.05) is 28.4 Å². The number of ether oxygens (including phenoxy) is 5. The molecule has 9 nitrogen and oxygen atoms in total. The van der Waals surface area contributed by atoms with Crippen LogP contribution in [0.25, 0.3) is 0 Å². The number of aromatic nitrogens is 2. The molecule has 2 aromatic rings. The van der Waals surface area contributed by atoms with E-state index in [2.05, 4.69) is 15.3 Å². The molecule has 0 aliphatic heterocycles. The van der Waals surface area contributed by atoms with Crippen LogP contribution < -0.4 is 29.0 Å². The lowest BCUT2D eigenvalue weighted by Crippen LogP contribution is -2.39. The van der Waals surface area contributed by atoms with Gasteiger partial charge in [0, 0.05) is 6.04 Å². The van der Waals surface area contributed by atoms with E-state index < -0.39 is 0 Å². The maximum absolute atomic E-state index is 12.9. The number of nitrogens with zero attached hydrogens (tertiary/aromatic N) is 2. The Bertz CT molecular complexity index is 868. The molecule has 1 aliphatic carbocycles. The number of hydrogen-bond acceptors (Lipinski definition) is 8. The van der Waals surface area contributed by atoms with Crippen LogP contribution in [0.4, 0.5) is 0 Å². The van der Waals surface area contributed by atoms with Gasteiger partial charge in [-0.15, -0.1) is 0 Å². The summed E-state index contributed by atoms with van der Waals surface area (Å²) in [4.78, 5) is 21.1. The van der Waals surface area contributed by atoms with E-state index in [1.807, 2.05) is 0 Å². The van der Waals surface area contributed by atoms with Crippen molar-refractivity contribution < 1.29 is 28.5 Å². The molecule has 3 rings (SSSR count). The average molecular weight is 417 g/mol. The first-order valence-electron chi connectivity index (χ1n) is 9.72. The van der Waals surface area contributed by atoms with Crippen molar-refractivity contribution in [2.45, 2.75) is 37.8 Å². The van der Waals surface area contributed by atoms with Gasteiger partial charge < -0.3 is 29.0 Å². The highest BCUT2D eigenvalue weighted by atomic mass is 16.5. The lowest BCUT2D eigenvalue weighted by molar-refractivity contribution is 0.0885. The van der Waals surface area contributed by atoms with Crippen molar-refractivity contribution in [3.63, 3.8) is 0 Å². The molecule has 0 atom stereocenters. The van der Waals surface area contributed by atoms with E-state index in [0.717, 1.165) is 25.7 Å². The first kappa shape index (κ1) is 21.5. The molecule has 30 heavy (non-hydrogen) atoms. The number of carbonyl (C=O) groups excluding carboxylic acids is 1. The van der Waals surface area contributed by atoms with Gasteiger partial charge in [-0.05, 0) is 37.8 Å². The van der Waals surface area contributed by atoms with Gasteiger partial charge in [-0.1, -0.05) is 0 Å². The number of amides is 1. The standard InChI is InChI=1S/C21H27N3O6/c1-26-16-10-9-15(19(28-3)20(16)29-4)21(25)23-13-5-7-14(8-6-13)30-18-12-22-11-17(24-18)27-2/h9-14H,5-8H2,1-4H3,(H,23,25). The Hall–Kier alpha value is -3.23. The fourth-order valence-electron chi connectivity index (χ4n) is 3.53. The van der Waals surface area contributed by atoms with Gasteiger partial charge in [0.25, 0.3) is 5.91 Å². The second-order valence-electron chi connectivity index (χ2n) is 6.85. The average Bonchev–Trinajstić information content (AvgIpc) is 2.79. The molecule has 1 aromatic heterocycles. The Labute approximate surface area is 175 Å². The Morgan fingerprint density at radius 1 is 0.900 bits per heavy atom. The maximum atomic E-state index is 12.9. The largest absolute Gasteiger partial charge is 0.493 e. The number of hydrogen-bond donors (Lipinski definition) is 1. The Balaban J connectivity index is 1.59. The molecule has 0 radical (unpaired) electrons. The van der Waals surface area contributed by atoms with Gasteiger partial charge in [0.15, 0.2) is 11.5 Å². The summed E-state index contributed by atoms with van der Waals surface area (Å²) in [6, 6.07) is 3.41. The van der Waals surface area contributed by atoms with Gasteiger partial charge in [-0.25, -0.2) is 0 Å². The highest BCUT2D eigenvalue weighted by molar-refractivity contribution is 5.98. The number of carbonyl (C=O) groups is 1. The SMILES string of the molecule is COc1cncc(OC2CCC(NC(=O)c3ccc(OC)c(OC)c3OC)CC2)n1. The summed E-state index contributed by atoms with van der Waals surface area (Å²) < 4.78 is 27.0. The quantitative estimate of drug-likeness (QED) is 0.700. The molecule has 0 spiro atoms. The molecular formula is C21H27N3O6. The van der Waals surface area contributed by atoms with Crippen molar-refractivity contribution in [1.29, 1.82) is 0 Å². The predicted octanol–water partition coefficient (Wildman–Crippen LogP) is 2.63. The first-order valence-corrected chi connectivity index (χ1v) is 9.72. The third-order valence-corrected chi connectivity index (χ3v) is 5.05. The Morgan fingerprint density at radius 3 is 2.23 bits per heavy atom. The lowest BCUT2D eigenvalue weighted by atomic mass is 9.92. The van der Waals surface area contributed by atoms with E-state index in [0.29, 0.717) is 34.6 Å². The summed E-state index contributed by atoms with van der Waals surface area (Å²) in [5.74, 6) is 1.89. The molecule has 1 N–H and O–H groups in total. The monoisotopic (exact) mass is 417 g/mol. The van der Waals surface area contributed by atoms with E-state index in [1.165, 1.54) is 34.6 Å². The molecular weight excluding hydrogens is 390 g/mol. The Morgan fingerprint density at radius 2 is 1.60 bits per heavy atom. The minimum Gasteiger partial charge on any atom is -0.493 e. The van der Waals surface area contributed by atoms with Gasteiger partial charge in [0.1, 0.15) is 6.10 Å². The fraction of sp³-hybridized carbons (Fsp3) is 0.476. The van der Waals surface area contributed by atoms with Crippen molar-refractivity contribution in [1.82, 2.24) is 15.3 Å². The number of rotatable bonds is 8. The summed E-state index contributed by atoms with van der Waals surface area (Å²) in [6.45, 7) is 0. The van der Waals surface area contributed by atoms with Crippen LogP contribution in [-0.4, -0.2) is 56.5 Å². The van der Waals surface area contributed by atoms with Crippen LogP contribution >= 0.6 is 0 Å². The third kappa shape index (κ3) is 4.84. The molecule has 1 heterocycles. The lowest BCUT2D eigenvalue weighted by Gasteiger charge is -2.29. The topological polar surface area (TPSA) is 101 Å². The maximum Gasteiger partial charge on any atom is 0.255 e. The van der Waals surface area contributed by atoms with E-state index in [1.54, 1.807) is 18.3 Å². The van der Waals surface area contributed by atoms with E-state index in [-0.39, 0.29) is 18.1 Å². The van der Waals surface area contributed by atoms with Crippen LogP contribution in [0, 0.1) is 0 Å². The number of benzene rings is 1. The molecule has 0 bridgehead atoms. The van der Waals surface area contributed by atoms with Gasteiger partial charge in [-0.2, -0.15) is 4.98 Å². The summed E-state index contributed by atoms with van der Waals surface area (Å²) in [5.41, 5.74) is 0.403. The summed E-state index contributed by atoms with van der Waals surface area (Å²) in [5, 5.41) is 3.08. The molecule has 1 fully saturated rings. The van der Waals surface area contributed by atoms with Crippen LogP contribution in [-0.2, 0) is 0 Å². The number of nitrogens with one attached hydrogen (secondary N) is 1. The zero-order chi connectivity index (χ0) is 21.5. The first-order chi connectivity index (χ1) is 14.6. The molecule has 1 saturated carbocycles. The molecule has 162 valence electrons. The number of methoxy groups -OCH3 is 4. The van der Waals surface area contributed by atoms with Gasteiger partial charge in [-0.3, -0.25) is 9.78 Å². The van der Waals surface area contributed by atoms with E-state index in [4.69, 9.17) is 23.7 Å². The fourth-order valence-corrected chi connectivity index (χ4v) is 3.53.